The van der Waals surface area contributed by atoms with Crippen LogP contribution < -0.4 is 15.3 Å². The van der Waals surface area contributed by atoms with Gasteiger partial charge in [-0.1, -0.05) is 91.0 Å². The summed E-state index contributed by atoms with van der Waals surface area (Å²) in [6.45, 7) is 2.27. The van der Waals surface area contributed by atoms with Gasteiger partial charge in [0.15, 0.2) is 0 Å². The molecular weight excluding hydrogens is 563 g/mol. The molecule has 3 rings (SSSR count). The third-order valence-corrected chi connectivity index (χ3v) is 5.57. The average molecular weight is 595 g/mol. The van der Waals surface area contributed by atoms with Crippen molar-refractivity contribution in [1.82, 2.24) is 0 Å². The van der Waals surface area contributed by atoms with Crippen molar-refractivity contribution in [3.63, 3.8) is 0 Å². The van der Waals surface area contributed by atoms with Crippen LogP contribution in [0.5, 0.6) is 0 Å². The minimum atomic E-state index is -1.13. The fourth-order valence-corrected chi connectivity index (χ4v) is 3.34. The quantitative estimate of drug-likeness (QED) is 0.277. The van der Waals surface area contributed by atoms with Crippen molar-refractivity contribution in [2.75, 3.05) is 0 Å². The second-order valence-corrected chi connectivity index (χ2v) is 8.91. The molecule has 0 unspecified atom stereocenters. The Bertz CT molecular complexity index is 839. The molecule has 0 atom stereocenters. The molecule has 0 radical (unpaired) electrons. The molecule has 0 bridgehead atoms. The first-order valence-corrected chi connectivity index (χ1v) is 13.8. The van der Waals surface area contributed by atoms with Gasteiger partial charge >= 0.3 is 72.4 Å². The second kappa shape index (κ2) is 22.3. The number of benzene rings is 3. The third-order valence-electron chi connectivity index (χ3n) is 4.56. The standard InChI is InChI=1S/C8H17.3C7H6O2.Sn/c1-3-5-7-8-6-4-2;3*8-7(9)6-4-2-1-3-5-6;/h1,3-8H2,2H3;3*1-5H,(H,8,9);/q;;;;+3/p-3. The zero-order valence-corrected chi connectivity index (χ0v) is 23.4. The Morgan fingerprint density at radius 3 is 1.03 bits per heavy atom. The number of carbonyl (C=O) groups is 3. The van der Waals surface area contributed by atoms with E-state index in [1.807, 2.05) is 0 Å². The van der Waals surface area contributed by atoms with E-state index in [-0.39, 0.29) is 16.7 Å². The smallest absolute Gasteiger partial charge is 0.0715 e. The van der Waals surface area contributed by atoms with Crippen LogP contribution in [-0.2, 0) is 0 Å². The van der Waals surface area contributed by atoms with E-state index in [1.165, 1.54) is 79.4 Å². The second-order valence-electron chi connectivity index (χ2n) is 7.48. The number of hydrogen-bond acceptors (Lipinski definition) is 6. The van der Waals surface area contributed by atoms with Gasteiger partial charge in [-0.25, -0.2) is 0 Å². The number of carbonyl (C=O) groups excluding carboxylic acids is 3. The van der Waals surface area contributed by atoms with Crippen LogP contribution >= 0.6 is 0 Å². The van der Waals surface area contributed by atoms with Crippen molar-refractivity contribution < 1.29 is 29.7 Å². The zero-order valence-electron chi connectivity index (χ0n) is 20.6. The zero-order chi connectivity index (χ0) is 27.0. The van der Waals surface area contributed by atoms with Crippen molar-refractivity contribution in [2.24, 2.45) is 0 Å². The van der Waals surface area contributed by atoms with E-state index in [1.54, 1.807) is 77.1 Å². The fraction of sp³-hybridized carbons (Fsp3) is 0.276. The minimum Gasteiger partial charge on any atom is -0.545 e. The first-order valence-electron chi connectivity index (χ1n) is 11.8. The van der Waals surface area contributed by atoms with Gasteiger partial charge in [-0.2, -0.15) is 0 Å². The maximum atomic E-state index is 10.1. The first kappa shape index (κ1) is 32.9. The Morgan fingerprint density at radius 1 is 0.528 bits per heavy atom. The SMILES string of the molecule is CCCCCCC[CH2][Sn+3].O=C([O-])c1ccccc1.O=C([O-])c1ccccc1.O=C([O-])c1ccccc1. The Kier molecular flexibility index (Phi) is 20.4. The van der Waals surface area contributed by atoms with Crippen molar-refractivity contribution in [2.45, 2.75) is 49.9 Å². The van der Waals surface area contributed by atoms with Gasteiger partial charge in [0.2, 0.25) is 0 Å². The maximum Gasteiger partial charge on any atom is 0.0715 e. The van der Waals surface area contributed by atoms with Gasteiger partial charge in [0.1, 0.15) is 0 Å². The molecule has 6 nitrogen and oxygen atoms in total. The van der Waals surface area contributed by atoms with Crippen LogP contribution in [0.1, 0.15) is 76.5 Å². The molecule has 0 saturated heterocycles. The number of rotatable bonds is 9. The van der Waals surface area contributed by atoms with E-state index in [0.29, 0.717) is 0 Å². The van der Waals surface area contributed by atoms with Gasteiger partial charge in [0, 0.05) is 0 Å². The Morgan fingerprint density at radius 2 is 0.806 bits per heavy atom. The summed E-state index contributed by atoms with van der Waals surface area (Å²) in [5.74, 6) is -3.39. The van der Waals surface area contributed by atoms with Crippen molar-refractivity contribution >= 4 is 40.4 Å². The summed E-state index contributed by atoms with van der Waals surface area (Å²) in [6.07, 6.45) is 8.71. The number of carboxylic acids is 3. The molecule has 0 spiro atoms. The average Bonchev–Trinajstić information content (AvgIpc) is 2.91. The van der Waals surface area contributed by atoms with Crippen molar-refractivity contribution in [1.29, 1.82) is 0 Å². The van der Waals surface area contributed by atoms with Crippen LogP contribution in [0.2, 0.25) is 4.44 Å². The van der Waals surface area contributed by atoms with Gasteiger partial charge in [0.25, 0.3) is 0 Å². The molecule has 3 aromatic rings. The third kappa shape index (κ3) is 18.2. The number of hydrogen-bond donors (Lipinski definition) is 0. The molecule has 188 valence electrons. The topological polar surface area (TPSA) is 120 Å². The molecule has 36 heavy (non-hydrogen) atoms. The molecule has 0 aliphatic rings. The molecule has 0 saturated carbocycles. The van der Waals surface area contributed by atoms with E-state index < -0.39 is 17.9 Å². The van der Waals surface area contributed by atoms with Crippen LogP contribution in [0.4, 0.5) is 0 Å². The van der Waals surface area contributed by atoms with Gasteiger partial charge in [-0.15, -0.1) is 0 Å². The minimum absolute atomic E-state index is 0.220. The maximum absolute atomic E-state index is 10.1. The molecule has 7 heteroatoms. The van der Waals surface area contributed by atoms with E-state index in [9.17, 15) is 29.7 Å². The largest absolute Gasteiger partial charge is 0.545 e. The van der Waals surface area contributed by atoms with Gasteiger partial charge in [0.05, 0.1) is 17.9 Å². The molecule has 0 amide bonds. The molecule has 3 aromatic carbocycles. The number of unbranched alkanes of at least 4 members (excludes halogenated alkanes) is 5. The van der Waals surface area contributed by atoms with E-state index in [0.717, 1.165) is 0 Å². The molecule has 0 aliphatic carbocycles. The van der Waals surface area contributed by atoms with Crippen molar-refractivity contribution in [3.8, 4) is 0 Å². The molecule has 0 aromatic heterocycles. The van der Waals surface area contributed by atoms with E-state index >= 15 is 0 Å². The fourth-order valence-electron chi connectivity index (χ4n) is 2.63. The summed E-state index contributed by atoms with van der Waals surface area (Å²) in [5, 5.41) is 30.3. The van der Waals surface area contributed by atoms with Crippen LogP contribution in [-0.4, -0.2) is 40.4 Å². The van der Waals surface area contributed by atoms with E-state index in [2.05, 4.69) is 6.92 Å². The Hall–Kier alpha value is -3.13. The van der Waals surface area contributed by atoms with Gasteiger partial charge < -0.3 is 29.7 Å². The summed E-state index contributed by atoms with van der Waals surface area (Å²) in [5.41, 5.74) is 0.660. The molecule has 0 aliphatic heterocycles. The molecule has 0 N–H and O–H groups in total. The summed E-state index contributed by atoms with van der Waals surface area (Å²) < 4.78 is 1.46. The summed E-state index contributed by atoms with van der Waals surface area (Å²) >= 11 is 1.71. The molecule has 0 heterocycles. The van der Waals surface area contributed by atoms with Crippen LogP contribution in [0.25, 0.3) is 0 Å². The molecule has 0 fully saturated rings. The van der Waals surface area contributed by atoms with Gasteiger partial charge in [-0.05, 0) is 16.7 Å². The summed E-state index contributed by atoms with van der Waals surface area (Å²) in [7, 11) is 0. The summed E-state index contributed by atoms with van der Waals surface area (Å²) in [6, 6.07) is 24.2. The summed E-state index contributed by atoms with van der Waals surface area (Å²) in [4.78, 5) is 30.3. The van der Waals surface area contributed by atoms with Crippen LogP contribution in [0, 0.1) is 0 Å². The first-order chi connectivity index (χ1) is 17.3. The van der Waals surface area contributed by atoms with Crippen molar-refractivity contribution in [3.05, 3.63) is 108 Å². The predicted molar refractivity (Wildman–Crippen MR) is 136 cm³/mol. The molecular formula is C29H32O6Sn. The Balaban J connectivity index is 0.000000454. The van der Waals surface area contributed by atoms with Gasteiger partial charge in [-0.3, -0.25) is 0 Å². The monoisotopic (exact) mass is 596 g/mol. The Labute approximate surface area is 227 Å². The van der Waals surface area contributed by atoms with E-state index in [4.69, 9.17) is 0 Å². The normalized spacial score (nSPS) is 9.19. The predicted octanol–water partition coefficient (Wildman–Crippen LogP) is 3.08. The number of aromatic carboxylic acids is 3. The number of carboxylic acid groups (broad SMARTS) is 3. The van der Waals surface area contributed by atoms with Crippen LogP contribution in [0.3, 0.4) is 0 Å². The van der Waals surface area contributed by atoms with Crippen LogP contribution in [0.15, 0.2) is 91.0 Å².